The van der Waals surface area contributed by atoms with Gasteiger partial charge in [-0.15, -0.1) is 24.0 Å². The summed E-state index contributed by atoms with van der Waals surface area (Å²) in [6.45, 7) is 5.92. The Morgan fingerprint density at radius 3 is 2.67 bits per heavy atom. The molecule has 0 atom stereocenters. The van der Waals surface area contributed by atoms with Crippen LogP contribution in [0.4, 0.5) is 0 Å². The molecule has 154 valence electrons. The van der Waals surface area contributed by atoms with Gasteiger partial charge in [0.2, 0.25) is 10.0 Å². The van der Waals surface area contributed by atoms with Gasteiger partial charge in [0.05, 0.1) is 5.69 Å². The highest BCUT2D eigenvalue weighted by Crippen LogP contribution is 2.33. The summed E-state index contributed by atoms with van der Waals surface area (Å²) in [6, 6.07) is 1.59. The molecule has 1 aliphatic carbocycles. The van der Waals surface area contributed by atoms with Crippen molar-refractivity contribution < 1.29 is 12.9 Å². The van der Waals surface area contributed by atoms with Crippen molar-refractivity contribution in [3.63, 3.8) is 0 Å². The average Bonchev–Trinajstić information content (AvgIpc) is 3.32. The lowest BCUT2D eigenvalue weighted by molar-refractivity contribution is 0.259. The molecule has 8 nitrogen and oxygen atoms in total. The Labute approximate surface area is 178 Å². The van der Waals surface area contributed by atoms with Crippen molar-refractivity contribution in [2.75, 3.05) is 39.3 Å². The molecule has 0 unspecified atom stereocenters. The fourth-order valence-electron chi connectivity index (χ4n) is 3.17. The third kappa shape index (κ3) is 6.90. The predicted molar refractivity (Wildman–Crippen MR) is 116 cm³/mol. The number of guanidine groups is 1. The average molecular weight is 511 g/mol. The van der Waals surface area contributed by atoms with E-state index in [0.29, 0.717) is 31.9 Å². The summed E-state index contributed by atoms with van der Waals surface area (Å²) < 4.78 is 31.3. The van der Waals surface area contributed by atoms with E-state index < -0.39 is 10.0 Å². The number of nitrogens with zero attached hydrogens (tertiary/aromatic N) is 4. The minimum Gasteiger partial charge on any atom is -0.364 e. The first-order valence-electron chi connectivity index (χ1n) is 9.49. The van der Waals surface area contributed by atoms with Gasteiger partial charge in [-0.1, -0.05) is 18.0 Å². The smallest absolute Gasteiger partial charge is 0.220 e. The van der Waals surface area contributed by atoms with Crippen LogP contribution in [-0.4, -0.2) is 68.0 Å². The molecule has 1 N–H and O–H groups in total. The molecule has 1 aromatic heterocycles. The quantitative estimate of drug-likeness (QED) is 0.248. The van der Waals surface area contributed by atoms with E-state index in [4.69, 9.17) is 9.52 Å². The normalized spacial score (nSPS) is 19.0. The van der Waals surface area contributed by atoms with Crippen molar-refractivity contribution in [1.29, 1.82) is 0 Å². The van der Waals surface area contributed by atoms with Crippen molar-refractivity contribution >= 4 is 40.0 Å². The van der Waals surface area contributed by atoms with E-state index in [9.17, 15) is 8.42 Å². The lowest BCUT2D eigenvalue weighted by Crippen LogP contribution is -2.53. The molecule has 1 saturated heterocycles. The Morgan fingerprint density at radius 2 is 2.07 bits per heavy atom. The van der Waals surface area contributed by atoms with Gasteiger partial charge in [0, 0.05) is 45.3 Å². The zero-order chi connectivity index (χ0) is 18.4. The van der Waals surface area contributed by atoms with Crippen molar-refractivity contribution in [2.45, 2.75) is 38.4 Å². The first kappa shape index (κ1) is 22.4. The van der Waals surface area contributed by atoms with Gasteiger partial charge in [0.25, 0.3) is 0 Å². The molecule has 0 bridgehead atoms. The van der Waals surface area contributed by atoms with Gasteiger partial charge in [-0.25, -0.2) is 8.42 Å². The van der Waals surface area contributed by atoms with Gasteiger partial charge in [-0.05, 0) is 25.7 Å². The van der Waals surface area contributed by atoms with Crippen LogP contribution in [0.2, 0.25) is 0 Å². The molecule has 0 spiro atoms. The monoisotopic (exact) mass is 511 g/mol. The van der Waals surface area contributed by atoms with Crippen LogP contribution in [0, 0.1) is 5.92 Å². The van der Waals surface area contributed by atoms with Crippen LogP contribution in [0.5, 0.6) is 0 Å². The van der Waals surface area contributed by atoms with E-state index in [0.717, 1.165) is 31.4 Å². The second-order valence-corrected chi connectivity index (χ2v) is 8.92. The number of sulfonamides is 1. The van der Waals surface area contributed by atoms with Crippen molar-refractivity contribution in [3.05, 3.63) is 18.0 Å². The van der Waals surface area contributed by atoms with Crippen LogP contribution in [0.1, 0.15) is 38.3 Å². The highest BCUT2D eigenvalue weighted by atomic mass is 127. The summed E-state index contributed by atoms with van der Waals surface area (Å²) in [5, 5.41) is 7.03. The molecular formula is C17H30IN5O3S. The van der Waals surface area contributed by atoms with Crippen molar-refractivity contribution in [1.82, 2.24) is 19.7 Å². The Morgan fingerprint density at radius 1 is 1.33 bits per heavy atom. The summed E-state index contributed by atoms with van der Waals surface area (Å²) in [4.78, 5) is 6.88. The number of piperazine rings is 1. The molecule has 2 fully saturated rings. The number of hydrogen-bond donors (Lipinski definition) is 1. The van der Waals surface area contributed by atoms with E-state index in [1.807, 2.05) is 0 Å². The fraction of sp³-hybridized carbons (Fsp3) is 0.765. The van der Waals surface area contributed by atoms with Gasteiger partial charge in [0.15, 0.2) is 5.96 Å². The Kier molecular flexibility index (Phi) is 8.80. The molecule has 3 rings (SSSR count). The fourth-order valence-corrected chi connectivity index (χ4v) is 4.59. The van der Waals surface area contributed by atoms with Gasteiger partial charge in [0.1, 0.15) is 12.0 Å². The van der Waals surface area contributed by atoms with Crippen LogP contribution in [-0.2, 0) is 15.8 Å². The van der Waals surface area contributed by atoms with Crippen LogP contribution < -0.4 is 5.32 Å². The van der Waals surface area contributed by atoms with E-state index >= 15 is 0 Å². The molecule has 10 heteroatoms. The zero-order valence-corrected chi connectivity index (χ0v) is 19.0. The SMILES string of the molecule is CCNC(=NCCCC1CC1)N1CCN(S(=O)(=O)Cc2ccon2)CC1.I. The number of hydrogen-bond acceptors (Lipinski definition) is 5. The standard InChI is InChI=1S/C17H29N5O3S.HI/c1-2-18-17(19-8-3-4-15-5-6-15)21-9-11-22(12-10-21)26(23,24)14-16-7-13-25-20-16;/h7,13,15H,2-6,8-12,14H2,1H3,(H,18,19);1H. The van der Waals surface area contributed by atoms with E-state index in [1.165, 1.54) is 29.8 Å². The zero-order valence-electron chi connectivity index (χ0n) is 15.8. The highest BCUT2D eigenvalue weighted by Gasteiger charge is 2.29. The maximum absolute atomic E-state index is 12.5. The lowest BCUT2D eigenvalue weighted by atomic mass is 10.2. The number of aromatic nitrogens is 1. The van der Waals surface area contributed by atoms with E-state index in [-0.39, 0.29) is 29.7 Å². The number of aliphatic imine (C=N–C) groups is 1. The predicted octanol–water partition coefficient (Wildman–Crippen LogP) is 1.90. The third-order valence-electron chi connectivity index (χ3n) is 4.82. The third-order valence-corrected chi connectivity index (χ3v) is 6.63. The number of nitrogens with one attached hydrogen (secondary N) is 1. The van der Waals surface area contributed by atoms with Crippen LogP contribution in [0.3, 0.4) is 0 Å². The summed E-state index contributed by atoms with van der Waals surface area (Å²) in [7, 11) is -3.37. The van der Waals surface area contributed by atoms with Gasteiger partial charge in [-0.3, -0.25) is 4.99 Å². The highest BCUT2D eigenvalue weighted by molar-refractivity contribution is 14.0. The molecule has 1 saturated carbocycles. The minimum absolute atomic E-state index is 0. The van der Waals surface area contributed by atoms with Gasteiger partial charge in [-0.2, -0.15) is 4.31 Å². The molecule has 1 aliphatic heterocycles. The maximum atomic E-state index is 12.5. The summed E-state index contributed by atoms with van der Waals surface area (Å²) >= 11 is 0. The topological polar surface area (TPSA) is 91.0 Å². The summed E-state index contributed by atoms with van der Waals surface area (Å²) in [5.74, 6) is 1.72. The van der Waals surface area contributed by atoms with Crippen molar-refractivity contribution in [3.8, 4) is 0 Å². The summed E-state index contributed by atoms with van der Waals surface area (Å²) in [6.07, 6.45) is 6.57. The number of halogens is 1. The molecule has 1 aromatic rings. The molecule has 0 aromatic carbocycles. The first-order chi connectivity index (χ1) is 12.6. The van der Waals surface area contributed by atoms with Crippen LogP contribution in [0.25, 0.3) is 0 Å². The second-order valence-electron chi connectivity index (χ2n) is 6.95. The Hall–Kier alpha value is -0.880. The molecule has 27 heavy (non-hydrogen) atoms. The molecule has 2 aliphatic rings. The van der Waals surface area contributed by atoms with Crippen LogP contribution in [0.15, 0.2) is 21.8 Å². The van der Waals surface area contributed by atoms with E-state index in [1.54, 1.807) is 6.07 Å². The maximum Gasteiger partial charge on any atom is 0.220 e. The largest absolute Gasteiger partial charge is 0.364 e. The van der Waals surface area contributed by atoms with Crippen LogP contribution >= 0.6 is 24.0 Å². The first-order valence-corrected chi connectivity index (χ1v) is 11.1. The minimum atomic E-state index is -3.37. The lowest BCUT2D eigenvalue weighted by Gasteiger charge is -2.35. The van der Waals surface area contributed by atoms with Gasteiger partial charge < -0.3 is 14.7 Å². The van der Waals surface area contributed by atoms with E-state index in [2.05, 4.69) is 22.3 Å². The number of rotatable bonds is 8. The molecular weight excluding hydrogens is 481 g/mol. The molecule has 0 radical (unpaired) electrons. The van der Waals surface area contributed by atoms with Gasteiger partial charge >= 0.3 is 0 Å². The summed E-state index contributed by atoms with van der Waals surface area (Å²) in [5.41, 5.74) is 0.443. The molecule has 2 heterocycles. The second kappa shape index (κ2) is 10.6. The Balaban J connectivity index is 0.00000261. The van der Waals surface area contributed by atoms with Crippen molar-refractivity contribution in [2.24, 2.45) is 10.9 Å². The Bertz CT molecular complexity index is 683. The molecule has 0 amide bonds.